The Balaban J connectivity index is 1.79. The second-order valence-electron chi connectivity index (χ2n) is 7.40. The first-order chi connectivity index (χ1) is 14.9. The number of phosphoric acid groups is 1. The lowest BCUT2D eigenvalue weighted by molar-refractivity contribution is -0.187. The number of aromatic nitrogens is 1. The number of likely N-dealkylation sites (tertiary alicyclic amines) is 1. The Morgan fingerprint density at radius 3 is 2.47 bits per heavy atom. The van der Waals surface area contributed by atoms with Gasteiger partial charge in [-0.3, -0.25) is 23.2 Å². The van der Waals surface area contributed by atoms with Crippen LogP contribution in [0.1, 0.15) is 26.7 Å². The Morgan fingerprint density at radius 1 is 1.25 bits per heavy atom. The van der Waals surface area contributed by atoms with Crippen molar-refractivity contribution in [2.75, 3.05) is 25.1 Å². The number of alkyl halides is 3. The number of nitrogens with zero attached hydrogens (tertiary/aromatic N) is 2. The molecule has 0 bridgehead atoms. The van der Waals surface area contributed by atoms with Crippen molar-refractivity contribution in [2.24, 2.45) is 5.41 Å². The fourth-order valence-electron chi connectivity index (χ4n) is 3.83. The maximum absolute atomic E-state index is 13.3. The predicted molar refractivity (Wildman–Crippen MR) is 110 cm³/mol. The van der Waals surface area contributed by atoms with Crippen LogP contribution >= 0.6 is 23.8 Å². The number of pyridine rings is 1. The molecule has 1 aromatic heterocycles. The highest BCUT2D eigenvalue weighted by Gasteiger charge is 2.70. The summed E-state index contributed by atoms with van der Waals surface area (Å²) in [6.45, 7) is 2.97. The number of phosphoric ester groups is 1. The fourth-order valence-corrected chi connectivity index (χ4v) is 5.44. The van der Waals surface area contributed by atoms with Crippen molar-refractivity contribution in [3.8, 4) is 0 Å². The molecule has 2 unspecified atom stereocenters. The molecule has 32 heavy (non-hydrogen) atoms. The quantitative estimate of drug-likeness (QED) is 0.371. The summed E-state index contributed by atoms with van der Waals surface area (Å²) in [7, 11) is -3.91. The van der Waals surface area contributed by atoms with Crippen molar-refractivity contribution in [1.82, 2.24) is 9.88 Å². The van der Waals surface area contributed by atoms with Crippen LogP contribution in [0.25, 0.3) is 0 Å². The normalized spacial score (nSPS) is 24.9. The number of fused-ring (bicyclic) bond motifs is 1. The van der Waals surface area contributed by atoms with Gasteiger partial charge in [-0.2, -0.15) is 13.2 Å². The molecule has 1 aliphatic heterocycles. The number of carbonyl (C=O) groups is 2. The number of anilines is 1. The van der Waals surface area contributed by atoms with Gasteiger partial charge in [-0.1, -0.05) is 6.07 Å². The Hall–Kier alpha value is -1.53. The number of halogens is 4. The van der Waals surface area contributed by atoms with Crippen LogP contribution in [0.4, 0.5) is 19.0 Å². The van der Waals surface area contributed by atoms with E-state index in [1.165, 1.54) is 6.07 Å². The molecule has 1 saturated carbocycles. The summed E-state index contributed by atoms with van der Waals surface area (Å²) in [5.41, 5.74) is -0.961. The Labute approximate surface area is 190 Å². The number of hydrogen-bond donors (Lipinski definition) is 1. The Morgan fingerprint density at radius 2 is 1.91 bits per heavy atom. The largest absolute Gasteiger partial charge is 0.474 e. The smallest absolute Gasteiger partial charge is 0.319 e. The van der Waals surface area contributed by atoms with Gasteiger partial charge in [0.2, 0.25) is 5.91 Å². The second kappa shape index (κ2) is 9.38. The van der Waals surface area contributed by atoms with Crippen molar-refractivity contribution in [3.63, 3.8) is 0 Å². The zero-order valence-electron chi connectivity index (χ0n) is 17.2. The molecule has 0 spiro atoms. The minimum absolute atomic E-state index is 0.0387. The third-order valence-corrected chi connectivity index (χ3v) is 7.28. The molecule has 3 rings (SSSR count). The van der Waals surface area contributed by atoms with E-state index >= 15 is 0 Å². The van der Waals surface area contributed by atoms with Gasteiger partial charge in [-0.05, 0) is 54.8 Å². The zero-order valence-corrected chi connectivity index (χ0v) is 19.7. The van der Waals surface area contributed by atoms with E-state index in [2.05, 4.69) is 26.2 Å². The van der Waals surface area contributed by atoms with E-state index in [-0.39, 0.29) is 38.5 Å². The van der Waals surface area contributed by atoms with Gasteiger partial charge in [0.1, 0.15) is 16.5 Å². The number of piperidine rings is 1. The van der Waals surface area contributed by atoms with E-state index in [1.807, 2.05) is 0 Å². The van der Waals surface area contributed by atoms with Gasteiger partial charge in [0.05, 0.1) is 19.8 Å². The first kappa shape index (κ1) is 25.1. The van der Waals surface area contributed by atoms with Gasteiger partial charge in [0, 0.05) is 11.5 Å². The van der Waals surface area contributed by atoms with Crippen molar-refractivity contribution >= 4 is 41.4 Å². The number of hydrogen-bond acceptors (Lipinski definition) is 7. The van der Waals surface area contributed by atoms with Gasteiger partial charge in [-0.15, -0.1) is 0 Å². The van der Waals surface area contributed by atoms with Gasteiger partial charge < -0.3 is 10.2 Å². The first-order valence-electron chi connectivity index (χ1n) is 9.81. The molecule has 1 N–H and O–H groups in total. The zero-order chi connectivity index (χ0) is 23.7. The molecule has 2 heterocycles. The highest BCUT2D eigenvalue weighted by molar-refractivity contribution is 9.10. The van der Waals surface area contributed by atoms with E-state index in [1.54, 1.807) is 26.0 Å². The van der Waals surface area contributed by atoms with Gasteiger partial charge in [-0.25, -0.2) is 9.55 Å². The van der Waals surface area contributed by atoms with Crippen LogP contribution in [0.5, 0.6) is 0 Å². The summed E-state index contributed by atoms with van der Waals surface area (Å²) in [5, 5.41) is 2.45. The van der Waals surface area contributed by atoms with Crippen LogP contribution < -0.4 is 5.32 Å². The van der Waals surface area contributed by atoms with Crippen molar-refractivity contribution in [2.45, 2.75) is 44.9 Å². The molecule has 0 aromatic carbocycles. The van der Waals surface area contributed by atoms with Crippen LogP contribution in [0.3, 0.4) is 0 Å². The van der Waals surface area contributed by atoms with Crippen LogP contribution in [-0.4, -0.2) is 59.8 Å². The topological polar surface area (TPSA) is 107 Å². The van der Waals surface area contributed by atoms with Gasteiger partial charge in [0.25, 0.3) is 0 Å². The minimum Gasteiger partial charge on any atom is -0.319 e. The molecule has 2 fully saturated rings. The molecular formula is C18H22BrF3N3O6P. The third kappa shape index (κ3) is 5.33. The summed E-state index contributed by atoms with van der Waals surface area (Å²) in [4.78, 5) is 29.5. The van der Waals surface area contributed by atoms with E-state index in [0.717, 1.165) is 0 Å². The van der Waals surface area contributed by atoms with E-state index in [9.17, 15) is 27.3 Å². The lowest BCUT2D eigenvalue weighted by Crippen LogP contribution is -2.50. The molecule has 0 radical (unpaired) electrons. The average molecular weight is 544 g/mol. The van der Waals surface area contributed by atoms with Crippen LogP contribution in [0, 0.1) is 5.41 Å². The van der Waals surface area contributed by atoms with E-state index < -0.39 is 43.3 Å². The van der Waals surface area contributed by atoms with Crippen LogP contribution in [-0.2, 0) is 27.7 Å². The molecule has 14 heteroatoms. The maximum Gasteiger partial charge on any atom is 0.474 e. The molecule has 1 aliphatic carbocycles. The number of carbonyl (C=O) groups excluding carboxylic acids is 2. The third-order valence-electron chi connectivity index (χ3n) is 5.25. The number of nitrogens with one attached hydrogen (secondary N) is 1. The summed E-state index contributed by atoms with van der Waals surface area (Å²) >= 11 is 3.14. The standard InChI is InChI=1S/C18H22BrF3N3O6P/c1-3-29-32(28,30-4-2)31-10-17-8-11(15(26)24-14-7-5-6-13(19)23-14)25(12(17)9-17)16(27)18(20,21)22/h5-7,11-12H,3-4,8-10H2,1-2H3,(H,23,24,26)/t11-,12?,17?/m0/s1. The molecule has 178 valence electrons. The molecule has 2 aliphatic rings. The first-order valence-corrected chi connectivity index (χ1v) is 12.1. The average Bonchev–Trinajstić information content (AvgIpc) is 3.30. The molecule has 1 aromatic rings. The highest BCUT2D eigenvalue weighted by Crippen LogP contribution is 2.63. The Kier molecular flexibility index (Phi) is 7.36. The monoisotopic (exact) mass is 543 g/mol. The highest BCUT2D eigenvalue weighted by atomic mass is 79.9. The summed E-state index contributed by atoms with van der Waals surface area (Å²) < 4.78 is 68.2. The molecule has 1 saturated heterocycles. The summed E-state index contributed by atoms with van der Waals surface area (Å²) in [6.07, 6.45) is -5.08. The molecule has 9 nitrogen and oxygen atoms in total. The van der Waals surface area contributed by atoms with Crippen molar-refractivity contribution < 1.29 is 40.9 Å². The second-order valence-corrected chi connectivity index (χ2v) is 9.88. The minimum atomic E-state index is -5.15. The summed E-state index contributed by atoms with van der Waals surface area (Å²) in [6, 6.07) is 2.38. The van der Waals surface area contributed by atoms with E-state index in [0.29, 0.717) is 9.50 Å². The fraction of sp³-hybridized carbons (Fsp3) is 0.611. The van der Waals surface area contributed by atoms with Gasteiger partial charge in [0.15, 0.2) is 0 Å². The maximum atomic E-state index is 13.3. The van der Waals surface area contributed by atoms with E-state index in [4.69, 9.17) is 13.6 Å². The van der Waals surface area contributed by atoms with Crippen molar-refractivity contribution in [1.29, 1.82) is 0 Å². The molecule has 2 amide bonds. The molecule has 3 atom stereocenters. The lowest BCUT2D eigenvalue weighted by atomic mass is 10.0. The lowest BCUT2D eigenvalue weighted by Gasteiger charge is -2.27. The van der Waals surface area contributed by atoms with Crippen LogP contribution in [0.2, 0.25) is 0 Å². The molecular weight excluding hydrogens is 522 g/mol. The van der Waals surface area contributed by atoms with Crippen molar-refractivity contribution in [3.05, 3.63) is 22.8 Å². The predicted octanol–water partition coefficient (Wildman–Crippen LogP) is 3.90. The summed E-state index contributed by atoms with van der Waals surface area (Å²) in [5.74, 6) is -2.80. The Bertz CT molecular complexity index is 925. The van der Waals surface area contributed by atoms with Crippen LogP contribution in [0.15, 0.2) is 22.8 Å². The number of rotatable bonds is 9. The SMILES string of the molecule is CCOP(=O)(OCC)OCC12CC1N(C(=O)C(F)(F)F)[C@H](C(=O)Nc1cccc(Br)n1)C2. The number of amides is 2. The van der Waals surface area contributed by atoms with Gasteiger partial charge >= 0.3 is 19.9 Å².